The lowest BCUT2D eigenvalue weighted by Gasteiger charge is -2.06. The first-order valence-electron chi connectivity index (χ1n) is 9.12. The Labute approximate surface area is 164 Å². The lowest BCUT2D eigenvalue weighted by Crippen LogP contribution is -2.14. The lowest BCUT2D eigenvalue weighted by molar-refractivity contribution is -0.113. The predicted octanol–water partition coefficient (Wildman–Crippen LogP) is 5.00. The largest absolute Gasteiger partial charge is 0.325 e. The van der Waals surface area contributed by atoms with E-state index in [1.165, 1.54) is 22.9 Å². The Morgan fingerprint density at radius 2 is 1.48 bits per heavy atom. The smallest absolute Gasteiger partial charge is 0.234 e. The van der Waals surface area contributed by atoms with Gasteiger partial charge in [-0.1, -0.05) is 62.0 Å². The molecule has 0 aliphatic rings. The maximum absolute atomic E-state index is 12.1. The van der Waals surface area contributed by atoms with Crippen molar-refractivity contribution in [1.82, 2.24) is 10.2 Å². The molecular formula is C22H23N3OS. The summed E-state index contributed by atoms with van der Waals surface area (Å²) in [5, 5.41) is 12.2. The SMILES string of the molecule is CCc1ccc(NC(=O)CSc2ccc(-c3ccc(CC)cc3)nn2)cc1. The number of nitrogens with zero attached hydrogens (tertiary/aromatic N) is 2. The number of carbonyl (C=O) groups excluding carboxylic acids is 1. The van der Waals surface area contributed by atoms with Crippen LogP contribution in [0.5, 0.6) is 0 Å². The highest BCUT2D eigenvalue weighted by Crippen LogP contribution is 2.21. The normalized spacial score (nSPS) is 10.6. The maximum Gasteiger partial charge on any atom is 0.234 e. The van der Waals surface area contributed by atoms with Gasteiger partial charge in [-0.3, -0.25) is 4.79 Å². The van der Waals surface area contributed by atoms with Crippen molar-refractivity contribution in [2.75, 3.05) is 11.1 Å². The second-order valence-electron chi connectivity index (χ2n) is 6.19. The minimum Gasteiger partial charge on any atom is -0.325 e. The van der Waals surface area contributed by atoms with E-state index in [0.717, 1.165) is 34.8 Å². The van der Waals surface area contributed by atoms with Crippen LogP contribution in [0, 0.1) is 0 Å². The fourth-order valence-electron chi connectivity index (χ4n) is 2.62. The van der Waals surface area contributed by atoms with Gasteiger partial charge in [-0.05, 0) is 48.2 Å². The molecule has 1 aromatic heterocycles. The second-order valence-corrected chi connectivity index (χ2v) is 7.19. The van der Waals surface area contributed by atoms with Gasteiger partial charge in [-0.25, -0.2) is 0 Å². The third-order valence-electron chi connectivity index (χ3n) is 4.30. The molecule has 0 unspecified atom stereocenters. The number of carbonyl (C=O) groups is 1. The van der Waals surface area contributed by atoms with Gasteiger partial charge < -0.3 is 5.32 Å². The minimum atomic E-state index is -0.0507. The summed E-state index contributed by atoms with van der Waals surface area (Å²) < 4.78 is 0. The van der Waals surface area contributed by atoms with Crippen LogP contribution < -0.4 is 5.32 Å². The van der Waals surface area contributed by atoms with Crippen LogP contribution in [-0.4, -0.2) is 21.9 Å². The summed E-state index contributed by atoms with van der Waals surface area (Å²) in [7, 11) is 0. The number of hydrogen-bond donors (Lipinski definition) is 1. The van der Waals surface area contributed by atoms with Crippen LogP contribution in [-0.2, 0) is 17.6 Å². The van der Waals surface area contributed by atoms with Gasteiger partial charge in [-0.15, -0.1) is 10.2 Å². The Balaban J connectivity index is 1.53. The zero-order valence-corrected chi connectivity index (χ0v) is 16.4. The Kier molecular flexibility index (Phi) is 6.60. The molecule has 0 bridgehead atoms. The van der Waals surface area contributed by atoms with Crippen molar-refractivity contribution in [2.24, 2.45) is 0 Å². The van der Waals surface area contributed by atoms with Gasteiger partial charge in [0.2, 0.25) is 5.91 Å². The fourth-order valence-corrected chi connectivity index (χ4v) is 3.24. The van der Waals surface area contributed by atoms with Crippen molar-refractivity contribution < 1.29 is 4.79 Å². The van der Waals surface area contributed by atoms with E-state index in [0.29, 0.717) is 5.75 Å². The number of aryl methyl sites for hydroxylation is 2. The third kappa shape index (κ3) is 5.41. The van der Waals surface area contributed by atoms with Crippen molar-refractivity contribution in [1.29, 1.82) is 0 Å². The molecule has 0 fully saturated rings. The molecule has 0 aliphatic heterocycles. The molecule has 0 saturated carbocycles. The number of nitrogens with one attached hydrogen (secondary N) is 1. The average Bonchev–Trinajstić information content (AvgIpc) is 2.73. The molecule has 0 saturated heterocycles. The summed E-state index contributed by atoms with van der Waals surface area (Å²) in [6.07, 6.45) is 2.01. The van der Waals surface area contributed by atoms with Crippen LogP contribution in [0.4, 0.5) is 5.69 Å². The molecule has 2 aromatic carbocycles. The van der Waals surface area contributed by atoms with Crippen LogP contribution >= 0.6 is 11.8 Å². The summed E-state index contributed by atoms with van der Waals surface area (Å²) in [6, 6.07) is 20.1. The summed E-state index contributed by atoms with van der Waals surface area (Å²) in [4.78, 5) is 12.1. The lowest BCUT2D eigenvalue weighted by atomic mass is 10.1. The molecular weight excluding hydrogens is 354 g/mol. The number of amides is 1. The number of aromatic nitrogens is 2. The molecule has 0 aliphatic carbocycles. The van der Waals surface area contributed by atoms with E-state index < -0.39 is 0 Å². The molecule has 138 valence electrons. The van der Waals surface area contributed by atoms with Crippen molar-refractivity contribution in [2.45, 2.75) is 31.7 Å². The highest BCUT2D eigenvalue weighted by molar-refractivity contribution is 7.99. The average molecular weight is 378 g/mol. The van der Waals surface area contributed by atoms with Gasteiger partial charge in [0, 0.05) is 11.3 Å². The summed E-state index contributed by atoms with van der Waals surface area (Å²) in [5.74, 6) is 0.250. The van der Waals surface area contributed by atoms with E-state index in [1.54, 1.807) is 0 Å². The fraction of sp³-hybridized carbons (Fsp3) is 0.227. The molecule has 0 radical (unpaired) electrons. The van der Waals surface area contributed by atoms with Crippen LogP contribution in [0.15, 0.2) is 65.7 Å². The van der Waals surface area contributed by atoms with Crippen molar-refractivity contribution in [3.63, 3.8) is 0 Å². The summed E-state index contributed by atoms with van der Waals surface area (Å²) in [6.45, 7) is 4.24. The standard InChI is InChI=1S/C22H23N3OS/c1-3-16-5-9-18(10-6-16)20-13-14-22(25-24-20)27-15-21(26)23-19-11-7-17(4-2)8-12-19/h5-14H,3-4,15H2,1-2H3,(H,23,26). The highest BCUT2D eigenvalue weighted by Gasteiger charge is 2.06. The van der Waals surface area contributed by atoms with Crippen LogP contribution in [0.3, 0.4) is 0 Å². The predicted molar refractivity (Wildman–Crippen MR) is 112 cm³/mol. The number of benzene rings is 2. The number of rotatable bonds is 7. The van der Waals surface area contributed by atoms with Gasteiger partial charge in [0.25, 0.3) is 0 Å². The topological polar surface area (TPSA) is 54.9 Å². The van der Waals surface area contributed by atoms with E-state index in [2.05, 4.69) is 53.6 Å². The minimum absolute atomic E-state index is 0.0507. The Hall–Kier alpha value is -2.66. The zero-order valence-electron chi connectivity index (χ0n) is 15.6. The van der Waals surface area contributed by atoms with Crippen molar-refractivity contribution >= 4 is 23.4 Å². The molecule has 1 heterocycles. The second kappa shape index (κ2) is 9.33. The molecule has 3 rings (SSSR count). The molecule has 27 heavy (non-hydrogen) atoms. The summed E-state index contributed by atoms with van der Waals surface area (Å²) >= 11 is 1.38. The molecule has 3 aromatic rings. The zero-order chi connectivity index (χ0) is 19.1. The van der Waals surface area contributed by atoms with Gasteiger partial charge in [0.15, 0.2) is 0 Å². The van der Waals surface area contributed by atoms with E-state index in [-0.39, 0.29) is 5.91 Å². The van der Waals surface area contributed by atoms with Crippen molar-refractivity contribution in [3.8, 4) is 11.3 Å². The molecule has 0 spiro atoms. The van der Waals surface area contributed by atoms with E-state index in [4.69, 9.17) is 0 Å². The third-order valence-corrected chi connectivity index (χ3v) is 5.22. The van der Waals surface area contributed by atoms with E-state index in [1.807, 2.05) is 36.4 Å². The Morgan fingerprint density at radius 1 is 0.852 bits per heavy atom. The van der Waals surface area contributed by atoms with Crippen LogP contribution in [0.25, 0.3) is 11.3 Å². The maximum atomic E-state index is 12.1. The van der Waals surface area contributed by atoms with Crippen molar-refractivity contribution in [3.05, 3.63) is 71.8 Å². The molecule has 4 nitrogen and oxygen atoms in total. The first-order chi connectivity index (χ1) is 13.2. The molecule has 1 amide bonds. The molecule has 5 heteroatoms. The Bertz CT molecular complexity index is 875. The Morgan fingerprint density at radius 3 is 2.04 bits per heavy atom. The quantitative estimate of drug-likeness (QED) is 0.589. The van der Waals surface area contributed by atoms with E-state index >= 15 is 0 Å². The molecule has 1 N–H and O–H groups in total. The van der Waals surface area contributed by atoms with E-state index in [9.17, 15) is 4.79 Å². The van der Waals surface area contributed by atoms with Gasteiger partial charge in [-0.2, -0.15) is 0 Å². The number of anilines is 1. The van der Waals surface area contributed by atoms with Crippen LogP contribution in [0.1, 0.15) is 25.0 Å². The van der Waals surface area contributed by atoms with Gasteiger partial charge in [0.1, 0.15) is 5.03 Å². The first kappa shape index (κ1) is 19.1. The number of hydrogen-bond acceptors (Lipinski definition) is 4. The number of thioether (sulfide) groups is 1. The van der Waals surface area contributed by atoms with Gasteiger partial charge >= 0.3 is 0 Å². The summed E-state index contributed by atoms with van der Waals surface area (Å²) in [5.41, 5.74) is 5.25. The van der Waals surface area contributed by atoms with Crippen LogP contribution in [0.2, 0.25) is 0 Å². The highest BCUT2D eigenvalue weighted by atomic mass is 32.2. The van der Waals surface area contributed by atoms with Gasteiger partial charge in [0.05, 0.1) is 11.4 Å². The first-order valence-corrected chi connectivity index (χ1v) is 10.1. The monoisotopic (exact) mass is 377 g/mol. The molecule has 0 atom stereocenters.